The van der Waals surface area contributed by atoms with Crippen LogP contribution in [0, 0.1) is 0 Å². The van der Waals surface area contributed by atoms with Gasteiger partial charge in [-0.15, -0.1) is 0 Å². The molecule has 0 radical (unpaired) electrons. The van der Waals surface area contributed by atoms with Gasteiger partial charge in [0.2, 0.25) is 0 Å². The molecule has 0 aromatic heterocycles. The zero-order chi connectivity index (χ0) is 17.2. The number of hydrogen-bond donors (Lipinski definition) is 0. The van der Waals surface area contributed by atoms with Crippen molar-refractivity contribution in [2.75, 3.05) is 7.11 Å². The third-order valence-electron chi connectivity index (χ3n) is 4.38. The zero-order valence-electron chi connectivity index (χ0n) is 13.7. The van der Waals surface area contributed by atoms with E-state index in [2.05, 4.69) is 42.5 Å². The van der Waals surface area contributed by atoms with Crippen molar-refractivity contribution in [1.82, 2.24) is 0 Å². The second-order valence-electron chi connectivity index (χ2n) is 5.81. The molecule has 3 heteroatoms. The molecule has 0 aliphatic carbocycles. The van der Waals surface area contributed by atoms with E-state index >= 15 is 0 Å². The summed E-state index contributed by atoms with van der Waals surface area (Å²) in [6.07, 6.45) is 0. The van der Waals surface area contributed by atoms with Gasteiger partial charge in [-0.25, -0.2) is 0 Å². The first-order valence-corrected chi connectivity index (χ1v) is 8.47. The van der Waals surface area contributed by atoms with Gasteiger partial charge in [0.1, 0.15) is 11.5 Å². The van der Waals surface area contributed by atoms with Crippen LogP contribution in [0.5, 0.6) is 11.5 Å². The van der Waals surface area contributed by atoms with Crippen molar-refractivity contribution in [3.05, 3.63) is 72.8 Å². The highest BCUT2D eigenvalue weighted by Crippen LogP contribution is 2.41. The summed E-state index contributed by atoms with van der Waals surface area (Å²) in [4.78, 5) is 0. The Hall–Kier alpha value is -2.91. The van der Waals surface area contributed by atoms with E-state index in [-0.39, 0.29) is 0 Å². The average Bonchev–Trinajstić information content (AvgIpc) is 2.66. The third kappa shape index (κ3) is 2.83. The Morgan fingerprint density at radius 1 is 0.680 bits per heavy atom. The molecule has 0 saturated heterocycles. The van der Waals surface area contributed by atoms with Gasteiger partial charge >= 0.3 is 0 Å². The first kappa shape index (κ1) is 15.6. The second kappa shape index (κ2) is 6.54. The van der Waals surface area contributed by atoms with Crippen molar-refractivity contribution >= 4 is 39.3 Å². The van der Waals surface area contributed by atoms with Gasteiger partial charge in [-0.2, -0.15) is 0 Å². The number of methoxy groups -OCH3 is 1. The summed E-state index contributed by atoms with van der Waals surface area (Å²) in [7, 11) is 1.69. The molecule has 0 bridgehead atoms. The Labute approximate surface area is 151 Å². The molecule has 4 aromatic carbocycles. The molecule has 0 fully saturated rings. The van der Waals surface area contributed by atoms with Crippen LogP contribution in [-0.2, 0) is 0 Å². The minimum atomic E-state index is 0.724. The maximum atomic E-state index is 5.66. The molecule has 0 N–H and O–H groups in total. The summed E-state index contributed by atoms with van der Waals surface area (Å²) >= 11 is 4.93. The molecular formula is C22H16O2S. The van der Waals surface area contributed by atoms with Gasteiger partial charge < -0.3 is 9.47 Å². The topological polar surface area (TPSA) is 18.5 Å². The number of thiocarbonyl (C=S) groups is 1. The monoisotopic (exact) mass is 344 g/mol. The Morgan fingerprint density at radius 2 is 1.12 bits per heavy atom. The molecular weight excluding hydrogens is 328 g/mol. The predicted octanol–water partition coefficient (Wildman–Crippen LogP) is 6.00. The van der Waals surface area contributed by atoms with Gasteiger partial charge in [0, 0.05) is 11.1 Å². The molecule has 0 spiro atoms. The van der Waals surface area contributed by atoms with E-state index in [1.807, 2.05) is 30.3 Å². The van der Waals surface area contributed by atoms with Gasteiger partial charge in [-0.05, 0) is 58.0 Å². The first-order valence-electron chi connectivity index (χ1n) is 8.00. The van der Waals surface area contributed by atoms with Crippen LogP contribution < -0.4 is 9.47 Å². The lowest BCUT2D eigenvalue weighted by molar-refractivity contribution is 0.417. The van der Waals surface area contributed by atoms with E-state index in [1.54, 1.807) is 7.11 Å². The summed E-state index contributed by atoms with van der Waals surface area (Å²) < 4.78 is 11.3. The lowest BCUT2D eigenvalue weighted by Crippen LogP contribution is -1.94. The van der Waals surface area contributed by atoms with E-state index in [0.717, 1.165) is 44.2 Å². The first-order chi connectivity index (χ1) is 12.3. The van der Waals surface area contributed by atoms with Gasteiger partial charge in [0.25, 0.3) is 0 Å². The van der Waals surface area contributed by atoms with Crippen LogP contribution in [0.2, 0.25) is 0 Å². The fourth-order valence-corrected chi connectivity index (χ4v) is 3.28. The van der Waals surface area contributed by atoms with E-state index in [1.165, 1.54) is 5.55 Å². The molecule has 2 nitrogen and oxygen atoms in total. The predicted molar refractivity (Wildman–Crippen MR) is 108 cm³/mol. The normalized spacial score (nSPS) is 10.8. The Balaban J connectivity index is 2.03. The molecule has 0 aliphatic heterocycles. The second-order valence-corrected chi connectivity index (χ2v) is 6.00. The summed E-state index contributed by atoms with van der Waals surface area (Å²) in [6, 6.07) is 24.8. The van der Waals surface area contributed by atoms with Crippen LogP contribution in [0.4, 0.5) is 0 Å². The van der Waals surface area contributed by atoms with Crippen molar-refractivity contribution in [2.45, 2.75) is 0 Å². The Bertz CT molecular complexity index is 1090. The molecule has 0 aliphatic rings. The Kier molecular flexibility index (Phi) is 4.08. The summed E-state index contributed by atoms with van der Waals surface area (Å²) in [5.41, 5.74) is 3.24. The van der Waals surface area contributed by atoms with Crippen LogP contribution >= 0.6 is 12.2 Å². The third-order valence-corrected chi connectivity index (χ3v) is 4.48. The molecule has 25 heavy (non-hydrogen) atoms. The summed E-state index contributed by atoms with van der Waals surface area (Å²) in [5.74, 6) is 1.53. The van der Waals surface area contributed by atoms with Crippen LogP contribution in [0.15, 0.2) is 72.8 Å². The van der Waals surface area contributed by atoms with E-state index in [0.29, 0.717) is 0 Å². The van der Waals surface area contributed by atoms with Crippen LogP contribution in [0.3, 0.4) is 0 Å². The van der Waals surface area contributed by atoms with Gasteiger partial charge in [0.15, 0.2) is 5.55 Å². The van der Waals surface area contributed by atoms with Crippen molar-refractivity contribution in [2.24, 2.45) is 0 Å². The van der Waals surface area contributed by atoms with Crippen LogP contribution in [0.25, 0.3) is 32.7 Å². The van der Waals surface area contributed by atoms with Crippen LogP contribution in [-0.4, -0.2) is 12.7 Å². The summed E-state index contributed by atoms with van der Waals surface area (Å²) in [5, 5.41) is 4.54. The lowest BCUT2D eigenvalue weighted by atomic mass is 9.96. The van der Waals surface area contributed by atoms with Crippen molar-refractivity contribution in [3.8, 4) is 22.6 Å². The standard InChI is InChI=1S/C22H16O2S/c1-23-21-12-17-8-4-2-6-15(17)10-19(21)20-11-16-7-3-5-9-18(16)13-22(20)24-14-25/h2-14H,1H3. The quantitative estimate of drug-likeness (QED) is 0.423. The lowest BCUT2D eigenvalue weighted by Gasteiger charge is -2.15. The minimum Gasteiger partial charge on any atom is -0.496 e. The fraction of sp³-hybridized carbons (Fsp3) is 0.0455. The largest absolute Gasteiger partial charge is 0.496 e. The van der Waals surface area contributed by atoms with Crippen molar-refractivity contribution < 1.29 is 9.47 Å². The molecule has 0 heterocycles. The van der Waals surface area contributed by atoms with Gasteiger partial charge in [0.05, 0.1) is 7.11 Å². The molecule has 0 unspecified atom stereocenters. The highest BCUT2D eigenvalue weighted by molar-refractivity contribution is 7.78. The number of rotatable bonds is 4. The highest BCUT2D eigenvalue weighted by atomic mass is 32.1. The van der Waals surface area contributed by atoms with Gasteiger partial charge in [-0.1, -0.05) is 48.5 Å². The molecule has 4 aromatic rings. The number of fused-ring (bicyclic) bond motifs is 2. The summed E-state index contributed by atoms with van der Waals surface area (Å²) in [6.45, 7) is 0. The zero-order valence-corrected chi connectivity index (χ0v) is 14.5. The minimum absolute atomic E-state index is 0.724. The highest BCUT2D eigenvalue weighted by Gasteiger charge is 2.14. The van der Waals surface area contributed by atoms with Gasteiger partial charge in [-0.3, -0.25) is 0 Å². The number of benzene rings is 4. The average molecular weight is 344 g/mol. The van der Waals surface area contributed by atoms with Crippen molar-refractivity contribution in [3.63, 3.8) is 0 Å². The number of ether oxygens (including phenoxy) is 2. The van der Waals surface area contributed by atoms with E-state index in [4.69, 9.17) is 21.7 Å². The maximum absolute atomic E-state index is 5.66. The Morgan fingerprint density at radius 3 is 1.60 bits per heavy atom. The fourth-order valence-electron chi connectivity index (χ4n) is 3.18. The maximum Gasteiger partial charge on any atom is 0.154 e. The van der Waals surface area contributed by atoms with E-state index < -0.39 is 0 Å². The molecule has 0 amide bonds. The van der Waals surface area contributed by atoms with Crippen molar-refractivity contribution in [1.29, 1.82) is 0 Å². The molecule has 0 atom stereocenters. The molecule has 0 saturated carbocycles. The van der Waals surface area contributed by atoms with E-state index in [9.17, 15) is 0 Å². The SMILES string of the molecule is COc1cc2ccccc2cc1-c1cc2ccccc2cc1OC=S. The smallest absolute Gasteiger partial charge is 0.154 e. The molecule has 122 valence electrons. The number of hydrogen-bond acceptors (Lipinski definition) is 3. The van der Waals surface area contributed by atoms with Crippen LogP contribution in [0.1, 0.15) is 0 Å². The molecule has 4 rings (SSSR count).